The van der Waals surface area contributed by atoms with E-state index in [0.29, 0.717) is 34.5 Å². The van der Waals surface area contributed by atoms with Crippen LogP contribution < -0.4 is 9.47 Å². The summed E-state index contributed by atoms with van der Waals surface area (Å²) in [6.07, 6.45) is 0. The normalized spacial score (nSPS) is 16.4. The molecule has 0 aromatic heterocycles. The van der Waals surface area contributed by atoms with Crippen molar-refractivity contribution < 1.29 is 23.5 Å². The summed E-state index contributed by atoms with van der Waals surface area (Å²) in [5, 5.41) is 10.2. The highest BCUT2D eigenvalue weighted by atomic mass is 32.2. The monoisotopic (exact) mass is 437 g/mol. The molecule has 2 atom stereocenters. The Hall–Kier alpha value is -3.32. The van der Waals surface area contributed by atoms with Gasteiger partial charge in [0.1, 0.15) is 12.6 Å². The van der Waals surface area contributed by atoms with Crippen LogP contribution in [0.5, 0.6) is 17.2 Å². The molecular weight excluding hydrogens is 414 g/mol. The maximum atomic E-state index is 13.2. The maximum Gasteiger partial charge on any atom is 0.218 e. The summed E-state index contributed by atoms with van der Waals surface area (Å²) in [7, 11) is 1.60. The first-order chi connectivity index (χ1) is 15.0. The molecule has 1 aliphatic heterocycles. The summed E-state index contributed by atoms with van der Waals surface area (Å²) in [6.45, 7) is 2.31. The van der Waals surface area contributed by atoms with Gasteiger partial charge in [-0.1, -0.05) is 29.8 Å². The van der Waals surface area contributed by atoms with Crippen molar-refractivity contribution in [2.45, 2.75) is 22.8 Å². The molecule has 6 nitrogen and oxygen atoms in total. The van der Waals surface area contributed by atoms with Crippen molar-refractivity contribution >= 4 is 16.7 Å². The van der Waals surface area contributed by atoms with E-state index < -0.39 is 10.8 Å². The molecule has 1 unspecified atom stereocenters. The van der Waals surface area contributed by atoms with E-state index in [-0.39, 0.29) is 11.8 Å². The van der Waals surface area contributed by atoms with E-state index in [0.717, 1.165) is 16.0 Å². The minimum atomic E-state index is -1.37. The molecule has 0 aliphatic carbocycles. The average Bonchev–Trinajstić information content (AvgIpc) is 3.29. The lowest BCUT2D eigenvalue weighted by Gasteiger charge is -2.12. The maximum absolute atomic E-state index is 13.2. The zero-order valence-electron chi connectivity index (χ0n) is 17.5. The predicted octanol–water partition coefficient (Wildman–Crippen LogP) is 4.40. The number of aromatic hydroxyl groups is 1. The summed E-state index contributed by atoms with van der Waals surface area (Å²) in [5.74, 6) is 0.987. The predicted molar refractivity (Wildman–Crippen MR) is 119 cm³/mol. The number of hydrogen-bond acceptors (Lipinski definition) is 6. The molecule has 0 saturated heterocycles. The minimum absolute atomic E-state index is 0.0595. The molecule has 4 rings (SSSR count). The van der Waals surface area contributed by atoms with Crippen LogP contribution in [0.1, 0.15) is 22.7 Å². The van der Waals surface area contributed by atoms with Crippen LogP contribution in [0.3, 0.4) is 0 Å². The molecule has 31 heavy (non-hydrogen) atoms. The first-order valence-corrected chi connectivity index (χ1v) is 10.9. The van der Waals surface area contributed by atoms with Crippen molar-refractivity contribution in [1.82, 2.24) is 0 Å². The number of nitrogens with zero attached hydrogens (tertiary/aromatic N) is 1. The van der Waals surface area contributed by atoms with E-state index in [2.05, 4.69) is 0 Å². The van der Waals surface area contributed by atoms with E-state index in [4.69, 9.17) is 19.2 Å². The van der Waals surface area contributed by atoms with Gasteiger partial charge in [0.05, 0.1) is 35.5 Å². The standard InChI is InChI=1S/C24H23NO5S/c1-15-8-10-17(11-9-15)31(27)22-7-5-4-6-18(22)24-25-19(14-30-24)16-12-20(28-2)23(26)21(13-16)29-3/h4-13,19,26H,14H2,1-3H3/t19?,31-/m0/s1. The molecule has 0 spiro atoms. The van der Waals surface area contributed by atoms with Gasteiger partial charge in [0.25, 0.3) is 0 Å². The van der Waals surface area contributed by atoms with Crippen LogP contribution in [0.4, 0.5) is 0 Å². The van der Waals surface area contributed by atoms with Gasteiger partial charge in [0.15, 0.2) is 11.5 Å². The molecule has 160 valence electrons. The van der Waals surface area contributed by atoms with Crippen molar-refractivity contribution in [2.75, 3.05) is 20.8 Å². The molecule has 1 N–H and O–H groups in total. The van der Waals surface area contributed by atoms with Gasteiger partial charge in [-0.3, -0.25) is 0 Å². The average molecular weight is 438 g/mol. The van der Waals surface area contributed by atoms with E-state index >= 15 is 0 Å². The minimum Gasteiger partial charge on any atom is -0.502 e. The fraction of sp³-hybridized carbons (Fsp3) is 0.208. The molecule has 3 aromatic carbocycles. The third-order valence-corrected chi connectivity index (χ3v) is 6.55. The largest absolute Gasteiger partial charge is 0.502 e. The number of benzene rings is 3. The highest BCUT2D eigenvalue weighted by Crippen LogP contribution is 2.40. The van der Waals surface area contributed by atoms with Crippen LogP contribution in [0, 0.1) is 6.92 Å². The molecule has 0 saturated carbocycles. The number of rotatable bonds is 6. The van der Waals surface area contributed by atoms with E-state index in [9.17, 15) is 9.32 Å². The third-order valence-electron chi connectivity index (χ3n) is 5.09. The lowest BCUT2D eigenvalue weighted by atomic mass is 10.1. The van der Waals surface area contributed by atoms with Gasteiger partial charge in [-0.2, -0.15) is 0 Å². The summed E-state index contributed by atoms with van der Waals surface area (Å²) >= 11 is 0. The molecular formula is C24H23NO5S. The van der Waals surface area contributed by atoms with Gasteiger partial charge in [0.2, 0.25) is 11.6 Å². The number of hydrogen-bond donors (Lipinski definition) is 1. The second-order valence-corrected chi connectivity index (χ2v) is 8.56. The van der Waals surface area contributed by atoms with Crippen LogP contribution >= 0.6 is 0 Å². The Balaban J connectivity index is 1.69. The number of phenolic OH excluding ortho intramolecular Hbond substituents is 1. The highest BCUT2D eigenvalue weighted by molar-refractivity contribution is 7.85. The number of methoxy groups -OCH3 is 2. The zero-order chi connectivity index (χ0) is 22.0. The molecule has 7 heteroatoms. The van der Waals surface area contributed by atoms with Crippen LogP contribution in [0.2, 0.25) is 0 Å². The van der Waals surface area contributed by atoms with Crippen molar-refractivity contribution in [3.63, 3.8) is 0 Å². The highest BCUT2D eigenvalue weighted by Gasteiger charge is 2.27. The summed E-state index contributed by atoms with van der Waals surface area (Å²) in [4.78, 5) is 6.10. The molecule has 0 bridgehead atoms. The van der Waals surface area contributed by atoms with Gasteiger partial charge in [-0.15, -0.1) is 0 Å². The van der Waals surface area contributed by atoms with E-state index in [1.807, 2.05) is 55.5 Å². The molecule has 3 aromatic rings. The summed E-state index contributed by atoms with van der Waals surface area (Å²) < 4.78 is 29.6. The van der Waals surface area contributed by atoms with Gasteiger partial charge in [-0.25, -0.2) is 9.20 Å². The Morgan fingerprint density at radius 2 is 1.68 bits per heavy atom. The number of aryl methyl sites for hydroxylation is 1. The zero-order valence-corrected chi connectivity index (χ0v) is 18.3. The second kappa shape index (κ2) is 8.81. The SMILES string of the molecule is COc1cc(C2COC(c3ccccc3[S@@](=O)c3ccc(C)cc3)=N2)cc(OC)c1O. The first-order valence-electron chi connectivity index (χ1n) is 9.75. The van der Waals surface area contributed by atoms with Crippen LogP contribution in [0.25, 0.3) is 0 Å². The second-order valence-electron chi connectivity index (χ2n) is 7.11. The van der Waals surface area contributed by atoms with Crippen molar-refractivity contribution in [3.8, 4) is 17.2 Å². The van der Waals surface area contributed by atoms with Gasteiger partial charge < -0.3 is 19.3 Å². The Bertz CT molecular complexity index is 1130. The lowest BCUT2D eigenvalue weighted by molar-refractivity contribution is 0.316. The molecule has 0 radical (unpaired) electrons. The van der Waals surface area contributed by atoms with Crippen LogP contribution in [-0.4, -0.2) is 36.0 Å². The quantitative estimate of drug-likeness (QED) is 0.618. The Labute approximate surface area is 183 Å². The molecule has 1 heterocycles. The van der Waals surface area contributed by atoms with Crippen LogP contribution in [0.15, 0.2) is 75.4 Å². The Morgan fingerprint density at radius 1 is 1.03 bits per heavy atom. The smallest absolute Gasteiger partial charge is 0.218 e. The van der Waals surface area contributed by atoms with Gasteiger partial charge in [0, 0.05) is 4.90 Å². The Morgan fingerprint density at radius 3 is 2.32 bits per heavy atom. The van der Waals surface area contributed by atoms with E-state index in [1.165, 1.54) is 14.2 Å². The number of ether oxygens (including phenoxy) is 3. The Kier molecular flexibility index (Phi) is 5.95. The van der Waals surface area contributed by atoms with Crippen molar-refractivity contribution in [1.29, 1.82) is 0 Å². The number of aliphatic imine (C=N–C) groups is 1. The molecule has 1 aliphatic rings. The summed E-state index contributed by atoms with van der Waals surface area (Å²) in [5.41, 5.74) is 2.60. The van der Waals surface area contributed by atoms with Crippen molar-refractivity contribution in [2.24, 2.45) is 4.99 Å². The van der Waals surface area contributed by atoms with Crippen molar-refractivity contribution in [3.05, 3.63) is 77.4 Å². The third kappa shape index (κ3) is 4.14. The van der Waals surface area contributed by atoms with Gasteiger partial charge >= 0.3 is 0 Å². The van der Waals surface area contributed by atoms with Crippen LogP contribution in [-0.2, 0) is 15.5 Å². The topological polar surface area (TPSA) is 77.4 Å². The molecule has 0 fully saturated rings. The fourth-order valence-corrected chi connectivity index (χ4v) is 4.59. The fourth-order valence-electron chi connectivity index (χ4n) is 3.39. The molecule has 0 amide bonds. The van der Waals surface area contributed by atoms with E-state index in [1.54, 1.807) is 12.1 Å². The van der Waals surface area contributed by atoms with Gasteiger partial charge in [-0.05, 0) is 48.9 Å². The lowest BCUT2D eigenvalue weighted by Crippen LogP contribution is -2.07. The summed E-state index contributed by atoms with van der Waals surface area (Å²) in [6, 6.07) is 18.2. The number of phenols is 1. The first kappa shape index (κ1) is 20.9.